The Kier molecular flexibility index (Phi) is 9.61. The van der Waals surface area contributed by atoms with Crippen LogP contribution < -0.4 is 25.5 Å². The van der Waals surface area contributed by atoms with Gasteiger partial charge in [0.15, 0.2) is 18.1 Å². The van der Waals surface area contributed by atoms with Gasteiger partial charge in [-0.25, -0.2) is 5.43 Å². The van der Waals surface area contributed by atoms with Crippen molar-refractivity contribution in [2.24, 2.45) is 5.10 Å². The quantitative estimate of drug-likeness (QED) is 0.270. The summed E-state index contributed by atoms with van der Waals surface area (Å²) in [7, 11) is 1.47. The van der Waals surface area contributed by atoms with E-state index < -0.39 is 11.8 Å². The Balaban J connectivity index is 1.46. The van der Waals surface area contributed by atoms with Crippen molar-refractivity contribution in [1.29, 1.82) is 0 Å². The topological polar surface area (TPSA) is 127 Å². The van der Waals surface area contributed by atoms with Crippen LogP contribution in [0.3, 0.4) is 0 Å². The van der Waals surface area contributed by atoms with Gasteiger partial charge in [0, 0.05) is 18.8 Å². The zero-order valence-electron chi connectivity index (χ0n) is 19.8. The second kappa shape index (κ2) is 13.1. The van der Waals surface area contributed by atoms with Crippen molar-refractivity contribution in [3.05, 3.63) is 53.6 Å². The van der Waals surface area contributed by atoms with Gasteiger partial charge in [0.05, 0.1) is 19.4 Å². The molecule has 1 saturated heterocycles. The van der Waals surface area contributed by atoms with Gasteiger partial charge >= 0.3 is 11.8 Å². The lowest BCUT2D eigenvalue weighted by Gasteiger charge is -2.12. The van der Waals surface area contributed by atoms with Crippen LogP contribution in [0.25, 0.3) is 0 Å². The number of ether oxygens (including phenoxy) is 3. The third-order valence-corrected chi connectivity index (χ3v) is 5.29. The van der Waals surface area contributed by atoms with E-state index >= 15 is 0 Å². The van der Waals surface area contributed by atoms with Gasteiger partial charge < -0.3 is 24.8 Å². The van der Waals surface area contributed by atoms with E-state index in [-0.39, 0.29) is 25.2 Å². The van der Waals surface area contributed by atoms with Crippen LogP contribution in [0.5, 0.6) is 11.5 Å². The SMILES string of the molecule is CCc1ccc(NC(=O)COc2ccc(/C=N\NC(=O)C(=O)NC[C@H]3CCCO3)cc2OC)cc1. The Morgan fingerprint density at radius 3 is 2.60 bits per heavy atom. The molecule has 1 aliphatic heterocycles. The van der Waals surface area contributed by atoms with Gasteiger partial charge in [-0.05, 0) is 60.7 Å². The molecule has 1 atom stereocenters. The van der Waals surface area contributed by atoms with E-state index in [0.29, 0.717) is 29.4 Å². The average Bonchev–Trinajstić information content (AvgIpc) is 3.40. The van der Waals surface area contributed by atoms with Crippen molar-refractivity contribution >= 4 is 29.6 Å². The van der Waals surface area contributed by atoms with E-state index in [2.05, 4.69) is 28.1 Å². The molecule has 186 valence electrons. The first kappa shape index (κ1) is 25.7. The second-order valence-corrected chi connectivity index (χ2v) is 7.84. The van der Waals surface area contributed by atoms with Crippen molar-refractivity contribution in [1.82, 2.24) is 10.7 Å². The molecule has 0 aromatic heterocycles. The Hall–Kier alpha value is -3.92. The minimum atomic E-state index is -0.874. The molecule has 2 aromatic carbocycles. The van der Waals surface area contributed by atoms with Crippen LogP contribution in [0.4, 0.5) is 5.69 Å². The number of rotatable bonds is 10. The molecule has 3 amide bonds. The third-order valence-electron chi connectivity index (χ3n) is 5.29. The molecule has 10 nitrogen and oxygen atoms in total. The molecule has 35 heavy (non-hydrogen) atoms. The minimum Gasteiger partial charge on any atom is -0.493 e. The summed E-state index contributed by atoms with van der Waals surface area (Å²) in [5.74, 6) is -1.20. The van der Waals surface area contributed by atoms with Crippen LogP contribution in [-0.4, -0.2) is 56.9 Å². The summed E-state index contributed by atoms with van der Waals surface area (Å²) < 4.78 is 16.3. The van der Waals surface area contributed by atoms with Gasteiger partial charge in [-0.1, -0.05) is 19.1 Å². The predicted molar refractivity (Wildman–Crippen MR) is 131 cm³/mol. The van der Waals surface area contributed by atoms with Crippen molar-refractivity contribution in [2.75, 3.05) is 32.2 Å². The van der Waals surface area contributed by atoms with Gasteiger partial charge in [-0.2, -0.15) is 5.10 Å². The Morgan fingerprint density at radius 2 is 1.91 bits per heavy atom. The summed E-state index contributed by atoms with van der Waals surface area (Å²) in [6, 6.07) is 12.5. The number of carbonyl (C=O) groups excluding carboxylic acids is 3. The number of hydrogen-bond acceptors (Lipinski definition) is 7. The van der Waals surface area contributed by atoms with Gasteiger partial charge in [-0.15, -0.1) is 0 Å². The van der Waals surface area contributed by atoms with Gasteiger partial charge in [0.1, 0.15) is 0 Å². The summed E-state index contributed by atoms with van der Waals surface area (Å²) in [6.45, 7) is 2.83. The van der Waals surface area contributed by atoms with Crippen LogP contribution >= 0.6 is 0 Å². The molecular weight excluding hydrogens is 452 g/mol. The summed E-state index contributed by atoms with van der Waals surface area (Å²) in [4.78, 5) is 35.9. The van der Waals surface area contributed by atoms with Crippen LogP contribution in [0.1, 0.15) is 30.9 Å². The molecule has 2 aromatic rings. The fourth-order valence-corrected chi connectivity index (χ4v) is 3.36. The van der Waals surface area contributed by atoms with E-state index in [1.54, 1.807) is 18.2 Å². The second-order valence-electron chi connectivity index (χ2n) is 7.84. The lowest BCUT2D eigenvalue weighted by Crippen LogP contribution is -2.41. The largest absolute Gasteiger partial charge is 0.493 e. The molecule has 0 saturated carbocycles. The summed E-state index contributed by atoms with van der Waals surface area (Å²) in [5, 5.41) is 9.11. The lowest BCUT2D eigenvalue weighted by molar-refractivity contribution is -0.139. The molecule has 3 rings (SSSR count). The standard InChI is InChI=1S/C25H30N4O6/c1-3-17-6-9-19(10-7-17)28-23(30)16-35-21-11-8-18(13-22(21)33-2)14-27-29-25(32)24(31)26-15-20-5-4-12-34-20/h6-11,13-14,20H,3-5,12,15-16H2,1-2H3,(H,26,31)(H,28,30)(H,29,32)/b27-14-/t20-/m1/s1. The van der Waals surface area contributed by atoms with E-state index in [1.807, 2.05) is 24.3 Å². The number of amides is 3. The fourth-order valence-electron chi connectivity index (χ4n) is 3.36. The van der Waals surface area contributed by atoms with Crippen LogP contribution in [0.2, 0.25) is 0 Å². The zero-order chi connectivity index (χ0) is 25.0. The number of carbonyl (C=O) groups is 3. The number of nitrogens with zero attached hydrogens (tertiary/aromatic N) is 1. The first-order valence-corrected chi connectivity index (χ1v) is 11.4. The van der Waals surface area contributed by atoms with Gasteiger partial charge in [0.25, 0.3) is 5.91 Å². The maximum atomic E-state index is 12.2. The van der Waals surface area contributed by atoms with Crippen molar-refractivity contribution in [2.45, 2.75) is 32.3 Å². The highest BCUT2D eigenvalue weighted by Gasteiger charge is 2.19. The number of nitrogens with one attached hydrogen (secondary N) is 3. The van der Waals surface area contributed by atoms with Crippen LogP contribution in [0, 0.1) is 0 Å². The van der Waals surface area contributed by atoms with Crippen molar-refractivity contribution < 1.29 is 28.6 Å². The highest BCUT2D eigenvalue weighted by Crippen LogP contribution is 2.27. The Labute approximate surface area is 204 Å². The molecule has 0 aliphatic carbocycles. The van der Waals surface area contributed by atoms with Crippen molar-refractivity contribution in [3.63, 3.8) is 0 Å². The van der Waals surface area contributed by atoms with E-state index in [9.17, 15) is 14.4 Å². The van der Waals surface area contributed by atoms with Crippen LogP contribution in [0.15, 0.2) is 47.6 Å². The predicted octanol–water partition coefficient (Wildman–Crippen LogP) is 2.02. The van der Waals surface area contributed by atoms with E-state index in [1.165, 1.54) is 18.9 Å². The number of benzene rings is 2. The first-order chi connectivity index (χ1) is 17.0. The number of hydrogen-bond donors (Lipinski definition) is 3. The summed E-state index contributed by atoms with van der Waals surface area (Å²) >= 11 is 0. The molecule has 1 heterocycles. The molecule has 0 bridgehead atoms. The van der Waals surface area contributed by atoms with Gasteiger partial charge in [-0.3, -0.25) is 14.4 Å². The zero-order valence-corrected chi connectivity index (χ0v) is 19.8. The number of anilines is 1. The van der Waals surface area contributed by atoms with E-state index in [4.69, 9.17) is 14.2 Å². The average molecular weight is 483 g/mol. The maximum absolute atomic E-state index is 12.2. The number of hydrazone groups is 1. The summed E-state index contributed by atoms with van der Waals surface area (Å²) in [6.07, 6.45) is 4.05. The monoisotopic (exact) mass is 482 g/mol. The molecule has 3 N–H and O–H groups in total. The maximum Gasteiger partial charge on any atom is 0.329 e. The van der Waals surface area contributed by atoms with Crippen molar-refractivity contribution in [3.8, 4) is 11.5 Å². The highest BCUT2D eigenvalue weighted by atomic mass is 16.5. The molecule has 0 radical (unpaired) electrons. The normalized spacial score (nSPS) is 15.0. The summed E-state index contributed by atoms with van der Waals surface area (Å²) in [5.41, 5.74) is 4.65. The van der Waals surface area contributed by atoms with E-state index in [0.717, 1.165) is 19.3 Å². The molecule has 0 spiro atoms. The fraction of sp³-hybridized carbons (Fsp3) is 0.360. The Bertz CT molecular complexity index is 1050. The Morgan fingerprint density at radius 1 is 1.11 bits per heavy atom. The first-order valence-electron chi connectivity index (χ1n) is 11.4. The minimum absolute atomic E-state index is 0.0538. The molecule has 10 heteroatoms. The molecule has 1 aliphatic rings. The number of methoxy groups -OCH3 is 1. The lowest BCUT2D eigenvalue weighted by atomic mass is 10.1. The smallest absolute Gasteiger partial charge is 0.329 e. The highest BCUT2D eigenvalue weighted by molar-refractivity contribution is 6.35. The van der Waals surface area contributed by atoms with Crippen LogP contribution in [-0.2, 0) is 25.5 Å². The number of aryl methyl sites for hydroxylation is 1. The van der Waals surface area contributed by atoms with Gasteiger partial charge in [0.2, 0.25) is 0 Å². The molecular formula is C25H30N4O6. The molecule has 1 fully saturated rings. The third kappa shape index (κ3) is 8.11. The molecule has 0 unspecified atom stereocenters.